The van der Waals surface area contributed by atoms with Gasteiger partial charge in [0, 0.05) is 25.4 Å². The first-order valence-corrected chi connectivity index (χ1v) is 8.41. The lowest BCUT2D eigenvalue weighted by Gasteiger charge is -2.34. The molecule has 1 aliphatic rings. The number of amides is 1. The number of carbonyl (C=O) groups excluding carboxylic acids is 1. The van der Waals surface area contributed by atoms with E-state index in [9.17, 15) is 4.79 Å². The van der Waals surface area contributed by atoms with Crippen molar-refractivity contribution in [1.29, 1.82) is 0 Å². The number of nitrogens with zero attached hydrogens (tertiary/aromatic N) is 5. The molecule has 1 fully saturated rings. The van der Waals surface area contributed by atoms with E-state index in [4.69, 9.17) is 4.52 Å². The van der Waals surface area contributed by atoms with Crippen LogP contribution in [0.5, 0.6) is 0 Å². The Morgan fingerprint density at radius 1 is 1.31 bits per heavy atom. The Hall–Kier alpha value is -3.03. The smallest absolute Gasteiger partial charge is 0.274 e. The topological polar surface area (TPSA) is 77.1 Å². The first-order chi connectivity index (χ1) is 12.5. The molecule has 0 N–H and O–H groups in total. The zero-order valence-corrected chi connectivity index (χ0v) is 14.3. The van der Waals surface area contributed by atoms with Gasteiger partial charge in [0.15, 0.2) is 0 Å². The number of hydrogen-bond donors (Lipinski definition) is 0. The minimum Gasteiger partial charge on any atom is -0.340 e. The fourth-order valence-electron chi connectivity index (χ4n) is 3.15. The van der Waals surface area contributed by atoms with Gasteiger partial charge in [0.1, 0.15) is 5.69 Å². The molecule has 2 aromatic heterocycles. The van der Waals surface area contributed by atoms with E-state index in [0.717, 1.165) is 5.56 Å². The normalized spacial score (nSPS) is 20.3. The van der Waals surface area contributed by atoms with Gasteiger partial charge in [0.05, 0.1) is 12.9 Å². The minimum absolute atomic E-state index is 0.0881. The number of alkyl halides is 1. The van der Waals surface area contributed by atoms with E-state index in [0.29, 0.717) is 24.5 Å². The molecule has 1 atom stereocenters. The molecule has 1 aromatic carbocycles. The van der Waals surface area contributed by atoms with Gasteiger partial charge in [-0.15, -0.1) is 0 Å². The van der Waals surface area contributed by atoms with Gasteiger partial charge in [-0.1, -0.05) is 35.5 Å². The molecule has 1 saturated heterocycles. The van der Waals surface area contributed by atoms with E-state index in [1.807, 2.05) is 30.3 Å². The molecule has 0 bridgehead atoms. The molecule has 3 aromatic rings. The molecule has 0 radical (unpaired) electrons. The molecule has 26 heavy (non-hydrogen) atoms. The third-order valence-electron chi connectivity index (χ3n) is 4.50. The zero-order valence-electron chi connectivity index (χ0n) is 14.3. The second-order valence-electron chi connectivity index (χ2n) is 6.51. The van der Waals surface area contributed by atoms with E-state index in [1.165, 1.54) is 4.90 Å². The molecule has 1 aliphatic heterocycles. The Morgan fingerprint density at radius 2 is 2.12 bits per heavy atom. The van der Waals surface area contributed by atoms with Gasteiger partial charge in [-0.25, -0.2) is 9.37 Å². The predicted octanol–water partition coefficient (Wildman–Crippen LogP) is 2.57. The van der Waals surface area contributed by atoms with Gasteiger partial charge in [-0.3, -0.25) is 4.79 Å². The van der Waals surface area contributed by atoms with E-state index < -0.39 is 5.67 Å². The molecule has 134 valence electrons. The number of hydrogen-bond acceptors (Lipinski definition) is 5. The number of likely N-dealkylation sites (tertiary alicyclic amines) is 1. The maximum absolute atomic E-state index is 15.5. The molecule has 4 rings (SSSR count). The maximum Gasteiger partial charge on any atom is 0.274 e. The first kappa shape index (κ1) is 16.4. The average molecular weight is 355 g/mol. The van der Waals surface area contributed by atoms with Crippen LogP contribution in [0, 0.1) is 0 Å². The van der Waals surface area contributed by atoms with Crippen LogP contribution in [0.2, 0.25) is 0 Å². The maximum atomic E-state index is 15.5. The number of imidazole rings is 1. The summed E-state index contributed by atoms with van der Waals surface area (Å²) in [5, 5.41) is 3.89. The van der Waals surface area contributed by atoms with Crippen LogP contribution in [0.1, 0.15) is 29.2 Å². The Kier molecular flexibility index (Phi) is 4.02. The van der Waals surface area contributed by atoms with Gasteiger partial charge in [0.25, 0.3) is 11.8 Å². The monoisotopic (exact) mass is 355 g/mol. The summed E-state index contributed by atoms with van der Waals surface area (Å²) >= 11 is 0. The Morgan fingerprint density at radius 3 is 2.85 bits per heavy atom. The third kappa shape index (κ3) is 2.98. The Labute approximate surface area is 149 Å². The molecule has 8 heteroatoms. The van der Waals surface area contributed by atoms with Crippen LogP contribution in [0.25, 0.3) is 11.4 Å². The number of aryl methyl sites for hydroxylation is 1. The summed E-state index contributed by atoms with van der Waals surface area (Å²) < 4.78 is 22.4. The second kappa shape index (κ2) is 6.36. The van der Waals surface area contributed by atoms with Crippen molar-refractivity contribution in [3.8, 4) is 11.4 Å². The van der Waals surface area contributed by atoms with Gasteiger partial charge < -0.3 is 14.0 Å². The molecule has 1 unspecified atom stereocenters. The summed E-state index contributed by atoms with van der Waals surface area (Å²) in [5.41, 5.74) is -0.807. The summed E-state index contributed by atoms with van der Waals surface area (Å²) in [5.74, 6) is -0.0456. The second-order valence-corrected chi connectivity index (χ2v) is 6.51. The van der Waals surface area contributed by atoms with Crippen LogP contribution in [-0.4, -0.2) is 43.6 Å². The van der Waals surface area contributed by atoms with Gasteiger partial charge in [-0.05, 0) is 12.8 Å². The summed E-state index contributed by atoms with van der Waals surface area (Å²) in [4.78, 5) is 22.3. The van der Waals surface area contributed by atoms with Gasteiger partial charge in [-0.2, -0.15) is 4.98 Å². The number of benzene rings is 1. The highest BCUT2D eigenvalue weighted by Crippen LogP contribution is 2.36. The van der Waals surface area contributed by atoms with Crippen molar-refractivity contribution in [2.75, 3.05) is 13.1 Å². The highest BCUT2D eigenvalue weighted by Gasteiger charge is 2.44. The SMILES string of the molecule is Cn1cnc(C(=O)N2CCCC(F)(c3nc(-c4ccccc4)no3)C2)c1. The standard InChI is InChI=1S/C18H18FN5O2/c1-23-10-14(20-12-23)16(25)24-9-5-8-18(19,11-24)17-21-15(22-26-17)13-6-3-2-4-7-13/h2-4,6-7,10,12H,5,8-9,11H2,1H3. The van der Waals surface area contributed by atoms with Crippen LogP contribution >= 0.6 is 0 Å². The molecular formula is C18H18FN5O2. The number of aromatic nitrogens is 4. The van der Waals surface area contributed by atoms with Crippen LogP contribution in [0.15, 0.2) is 47.4 Å². The number of piperidine rings is 1. The molecule has 0 aliphatic carbocycles. The van der Waals surface area contributed by atoms with Crippen molar-refractivity contribution in [3.63, 3.8) is 0 Å². The molecule has 0 spiro atoms. The lowest BCUT2D eigenvalue weighted by Crippen LogP contribution is -2.46. The fourth-order valence-corrected chi connectivity index (χ4v) is 3.15. The third-order valence-corrected chi connectivity index (χ3v) is 4.50. The molecule has 7 nitrogen and oxygen atoms in total. The number of rotatable bonds is 3. The highest BCUT2D eigenvalue weighted by atomic mass is 19.1. The molecular weight excluding hydrogens is 337 g/mol. The quantitative estimate of drug-likeness (QED) is 0.722. The summed E-state index contributed by atoms with van der Waals surface area (Å²) in [6.45, 7) is 0.347. The zero-order chi connectivity index (χ0) is 18.1. The molecule has 1 amide bonds. The molecule has 3 heterocycles. The average Bonchev–Trinajstić information content (AvgIpc) is 3.32. The largest absolute Gasteiger partial charge is 0.340 e. The van der Waals surface area contributed by atoms with E-state index in [-0.39, 0.29) is 24.8 Å². The highest BCUT2D eigenvalue weighted by molar-refractivity contribution is 5.92. The van der Waals surface area contributed by atoms with Gasteiger partial charge in [0.2, 0.25) is 11.5 Å². The van der Waals surface area contributed by atoms with Crippen LogP contribution in [-0.2, 0) is 12.7 Å². The predicted molar refractivity (Wildman–Crippen MR) is 90.9 cm³/mol. The lowest BCUT2D eigenvalue weighted by molar-refractivity contribution is 0.0149. The van der Waals surface area contributed by atoms with Gasteiger partial charge >= 0.3 is 0 Å². The Balaban J connectivity index is 1.56. The minimum atomic E-state index is -1.86. The van der Waals surface area contributed by atoms with Crippen LogP contribution < -0.4 is 0 Å². The Bertz CT molecular complexity index is 923. The van der Waals surface area contributed by atoms with Crippen LogP contribution in [0.3, 0.4) is 0 Å². The van der Waals surface area contributed by atoms with E-state index in [2.05, 4.69) is 15.1 Å². The van der Waals surface area contributed by atoms with E-state index in [1.54, 1.807) is 24.1 Å². The van der Waals surface area contributed by atoms with Crippen LogP contribution in [0.4, 0.5) is 4.39 Å². The summed E-state index contributed by atoms with van der Waals surface area (Å²) in [6.07, 6.45) is 3.91. The summed E-state index contributed by atoms with van der Waals surface area (Å²) in [7, 11) is 1.78. The number of carbonyl (C=O) groups is 1. The van der Waals surface area contributed by atoms with Crippen molar-refractivity contribution in [2.24, 2.45) is 7.05 Å². The number of halogens is 1. The van der Waals surface area contributed by atoms with E-state index >= 15 is 4.39 Å². The van der Waals surface area contributed by atoms with Crippen molar-refractivity contribution >= 4 is 5.91 Å². The van der Waals surface area contributed by atoms with Crippen molar-refractivity contribution in [3.05, 3.63) is 54.4 Å². The summed E-state index contributed by atoms with van der Waals surface area (Å²) in [6, 6.07) is 9.24. The van der Waals surface area contributed by atoms with Crippen molar-refractivity contribution in [1.82, 2.24) is 24.6 Å². The van der Waals surface area contributed by atoms with Crippen molar-refractivity contribution < 1.29 is 13.7 Å². The van der Waals surface area contributed by atoms with Crippen molar-refractivity contribution in [2.45, 2.75) is 18.5 Å². The fraction of sp³-hybridized carbons (Fsp3) is 0.333. The lowest BCUT2D eigenvalue weighted by atomic mass is 9.94. The first-order valence-electron chi connectivity index (χ1n) is 8.41. The molecule has 0 saturated carbocycles.